The topological polar surface area (TPSA) is 83.6 Å². The zero-order valence-electron chi connectivity index (χ0n) is 11.7. The van der Waals surface area contributed by atoms with E-state index in [1.807, 2.05) is 11.8 Å². The quantitative estimate of drug-likeness (QED) is 0.539. The van der Waals surface area contributed by atoms with Gasteiger partial charge in [0, 0.05) is 12.6 Å². The van der Waals surface area contributed by atoms with Gasteiger partial charge in [0.1, 0.15) is 0 Å². The Labute approximate surface area is 136 Å². The van der Waals surface area contributed by atoms with Crippen molar-refractivity contribution in [2.45, 2.75) is 30.8 Å². The van der Waals surface area contributed by atoms with Crippen molar-refractivity contribution in [3.63, 3.8) is 0 Å². The van der Waals surface area contributed by atoms with E-state index in [9.17, 15) is 16.8 Å². The van der Waals surface area contributed by atoms with Crippen molar-refractivity contribution >= 4 is 48.6 Å². The van der Waals surface area contributed by atoms with Crippen LogP contribution in [0.1, 0.15) is 13.3 Å². The number of nitrogens with one attached hydrogen (secondary N) is 1. The van der Waals surface area contributed by atoms with Crippen LogP contribution in [0.4, 0.5) is 0 Å². The molecule has 0 radical (unpaired) electrons. The molecule has 0 aromatic heterocycles. The summed E-state index contributed by atoms with van der Waals surface area (Å²) in [5.41, 5.74) is 0. The van der Waals surface area contributed by atoms with Crippen molar-refractivity contribution in [3.8, 4) is 0 Å². The van der Waals surface area contributed by atoms with E-state index in [0.29, 0.717) is 18.1 Å². The molecule has 2 aliphatic rings. The van der Waals surface area contributed by atoms with E-state index in [2.05, 4.69) is 5.32 Å². The minimum atomic E-state index is -3.13. The van der Waals surface area contributed by atoms with Crippen LogP contribution in [0.2, 0.25) is 0 Å². The number of nitrogens with zero attached hydrogens (tertiary/aromatic N) is 1. The number of halogens is 1. The van der Waals surface area contributed by atoms with Crippen molar-refractivity contribution < 1.29 is 16.8 Å². The average molecular weight is 375 g/mol. The summed E-state index contributed by atoms with van der Waals surface area (Å²) in [5.74, 6) is 0.170. The van der Waals surface area contributed by atoms with Crippen LogP contribution in [0, 0.1) is 0 Å². The van der Waals surface area contributed by atoms with Crippen molar-refractivity contribution in [2.24, 2.45) is 0 Å². The number of alkyl halides is 1. The Morgan fingerprint density at radius 2 is 1.90 bits per heavy atom. The third-order valence-electron chi connectivity index (χ3n) is 3.84. The normalized spacial score (nSPS) is 33.7. The van der Waals surface area contributed by atoms with E-state index in [4.69, 9.17) is 23.8 Å². The minimum Gasteiger partial charge on any atom is -0.357 e. The Hall–Kier alpha value is -0.120. The Bertz CT molecular complexity index is 619. The lowest BCUT2D eigenvalue weighted by molar-refractivity contribution is 0.341. The van der Waals surface area contributed by atoms with Crippen LogP contribution in [0.3, 0.4) is 0 Å². The van der Waals surface area contributed by atoms with Gasteiger partial charge in [-0.1, -0.05) is 0 Å². The molecule has 3 unspecified atom stereocenters. The highest BCUT2D eigenvalue weighted by Gasteiger charge is 2.38. The van der Waals surface area contributed by atoms with Crippen LogP contribution >= 0.6 is 23.8 Å². The van der Waals surface area contributed by atoms with Gasteiger partial charge < -0.3 is 10.2 Å². The summed E-state index contributed by atoms with van der Waals surface area (Å²) < 4.78 is 46.3. The summed E-state index contributed by atoms with van der Waals surface area (Å²) in [5, 5.41) is 2.86. The van der Waals surface area contributed by atoms with Crippen molar-refractivity contribution in [2.75, 3.05) is 29.6 Å². The van der Waals surface area contributed by atoms with E-state index in [1.54, 1.807) is 0 Å². The number of hydrogen-bond acceptors (Lipinski definition) is 5. The highest BCUT2D eigenvalue weighted by Crippen LogP contribution is 2.21. The van der Waals surface area contributed by atoms with Crippen LogP contribution in [-0.4, -0.2) is 73.9 Å². The molecule has 1 N–H and O–H groups in total. The van der Waals surface area contributed by atoms with Gasteiger partial charge in [-0.2, -0.15) is 0 Å². The first-order chi connectivity index (χ1) is 9.63. The summed E-state index contributed by atoms with van der Waals surface area (Å²) >= 11 is 11.4. The average Bonchev–Trinajstić information content (AvgIpc) is 2.80. The van der Waals surface area contributed by atoms with Crippen LogP contribution in [0.25, 0.3) is 0 Å². The van der Waals surface area contributed by atoms with Gasteiger partial charge in [-0.15, -0.1) is 11.6 Å². The van der Waals surface area contributed by atoms with Gasteiger partial charge in [-0.05, 0) is 25.6 Å². The van der Waals surface area contributed by atoms with Crippen LogP contribution in [0.5, 0.6) is 0 Å². The largest absolute Gasteiger partial charge is 0.357 e. The minimum absolute atomic E-state index is 0.0399. The Kier molecular flexibility index (Phi) is 5.07. The maximum Gasteiger partial charge on any atom is 0.169 e. The molecule has 0 saturated carbocycles. The van der Waals surface area contributed by atoms with Crippen LogP contribution in [0.15, 0.2) is 0 Å². The molecule has 6 nitrogen and oxygen atoms in total. The molecule has 3 atom stereocenters. The molecule has 10 heteroatoms. The van der Waals surface area contributed by atoms with E-state index in [0.717, 1.165) is 0 Å². The van der Waals surface area contributed by atoms with Gasteiger partial charge in [0.2, 0.25) is 0 Å². The smallest absolute Gasteiger partial charge is 0.169 e. The van der Waals surface area contributed by atoms with E-state index in [-0.39, 0.29) is 29.1 Å². The molecule has 2 rings (SSSR count). The molecule has 0 spiro atoms. The third-order valence-corrected chi connectivity index (χ3v) is 8.32. The molecule has 122 valence electrons. The first-order valence-corrected chi connectivity index (χ1v) is 11.2. The number of thiocarbonyl (C=S) groups is 1. The summed E-state index contributed by atoms with van der Waals surface area (Å²) in [7, 11) is -6.12. The Balaban J connectivity index is 2.01. The molecule has 2 heterocycles. The molecule has 2 saturated heterocycles. The lowest BCUT2D eigenvalue weighted by Crippen LogP contribution is -2.51. The first kappa shape index (κ1) is 17.2. The maximum atomic E-state index is 11.6. The fourth-order valence-corrected chi connectivity index (χ4v) is 7.48. The van der Waals surface area contributed by atoms with Gasteiger partial charge in [0.15, 0.2) is 24.8 Å². The Morgan fingerprint density at radius 3 is 2.33 bits per heavy atom. The van der Waals surface area contributed by atoms with E-state index >= 15 is 0 Å². The molecule has 0 aromatic carbocycles. The first-order valence-electron chi connectivity index (χ1n) is 6.75. The second kappa shape index (κ2) is 6.17. The molecule has 0 bridgehead atoms. The monoisotopic (exact) mass is 374 g/mol. The molecule has 2 fully saturated rings. The molecule has 0 amide bonds. The zero-order chi connectivity index (χ0) is 15.8. The molecule has 2 aliphatic heterocycles. The molecular weight excluding hydrogens is 356 g/mol. The number of sulfone groups is 2. The fourth-order valence-electron chi connectivity index (χ4n) is 2.77. The van der Waals surface area contributed by atoms with Crippen LogP contribution in [-0.2, 0) is 19.7 Å². The Morgan fingerprint density at radius 1 is 1.24 bits per heavy atom. The predicted octanol–water partition coefficient (Wildman–Crippen LogP) is -0.226. The lowest BCUT2D eigenvalue weighted by Gasteiger charge is -2.31. The second-order valence-electron chi connectivity index (χ2n) is 5.49. The second-order valence-corrected chi connectivity index (χ2v) is 10.8. The third kappa shape index (κ3) is 4.20. The zero-order valence-corrected chi connectivity index (χ0v) is 14.9. The van der Waals surface area contributed by atoms with Crippen molar-refractivity contribution in [1.82, 2.24) is 10.2 Å². The number of hydrogen-bond donors (Lipinski definition) is 1. The standard InChI is InChI=1S/C11H19ClN2O4S3/c1-2-14(8-3-4-20(15,16)5-8)11(19)13-10-7-21(17,18)6-9(10)12/h8-10H,2-7H2,1H3,(H,13,19). The molecule has 0 aromatic rings. The van der Waals surface area contributed by atoms with Gasteiger partial charge in [-0.25, -0.2) is 16.8 Å². The highest BCUT2D eigenvalue weighted by atomic mass is 35.5. The van der Waals surface area contributed by atoms with E-state index in [1.165, 1.54) is 0 Å². The SMILES string of the molecule is CCN(C(=S)NC1CS(=O)(=O)CC1Cl)C1CCS(=O)(=O)C1. The van der Waals surface area contributed by atoms with E-state index < -0.39 is 31.1 Å². The number of rotatable bonds is 3. The van der Waals surface area contributed by atoms with Gasteiger partial charge in [0.05, 0.1) is 34.4 Å². The molecule has 21 heavy (non-hydrogen) atoms. The molecule has 0 aliphatic carbocycles. The van der Waals surface area contributed by atoms with Gasteiger partial charge in [-0.3, -0.25) is 0 Å². The summed E-state index contributed by atoms with van der Waals surface area (Å²) in [6.07, 6.45) is 0.547. The van der Waals surface area contributed by atoms with Gasteiger partial charge in [0.25, 0.3) is 0 Å². The maximum absolute atomic E-state index is 11.6. The predicted molar refractivity (Wildman–Crippen MR) is 87.3 cm³/mol. The molecular formula is C11H19ClN2O4S3. The van der Waals surface area contributed by atoms with Crippen molar-refractivity contribution in [3.05, 3.63) is 0 Å². The van der Waals surface area contributed by atoms with Crippen LogP contribution < -0.4 is 5.32 Å². The fraction of sp³-hybridized carbons (Fsp3) is 0.909. The summed E-state index contributed by atoms with van der Waals surface area (Å²) in [6, 6.07) is -0.567. The summed E-state index contributed by atoms with van der Waals surface area (Å²) in [6.45, 7) is 2.46. The van der Waals surface area contributed by atoms with Gasteiger partial charge >= 0.3 is 0 Å². The van der Waals surface area contributed by atoms with Crippen molar-refractivity contribution in [1.29, 1.82) is 0 Å². The lowest BCUT2D eigenvalue weighted by atomic mass is 10.2. The highest BCUT2D eigenvalue weighted by molar-refractivity contribution is 7.92. The summed E-state index contributed by atoms with van der Waals surface area (Å²) in [4.78, 5) is 1.81.